The molecule has 0 heterocycles. The van der Waals surface area contributed by atoms with Gasteiger partial charge in [0.15, 0.2) is 0 Å². The van der Waals surface area contributed by atoms with E-state index in [0.717, 1.165) is 12.8 Å². The van der Waals surface area contributed by atoms with Gasteiger partial charge in [0, 0.05) is 5.92 Å². The SMILES string of the molecule is NCC1CCc2ccc(O)cc2C1c1ccccc1. The van der Waals surface area contributed by atoms with E-state index in [1.807, 2.05) is 18.2 Å². The Hall–Kier alpha value is -1.80. The Morgan fingerprint density at radius 1 is 1.11 bits per heavy atom. The van der Waals surface area contributed by atoms with Crippen molar-refractivity contribution in [1.82, 2.24) is 0 Å². The maximum absolute atomic E-state index is 9.78. The number of hydrogen-bond acceptors (Lipinski definition) is 2. The van der Waals surface area contributed by atoms with Gasteiger partial charge in [0.25, 0.3) is 0 Å². The molecule has 98 valence electrons. The fourth-order valence-electron chi connectivity index (χ4n) is 3.23. The molecule has 3 rings (SSSR count). The Labute approximate surface area is 113 Å². The summed E-state index contributed by atoms with van der Waals surface area (Å²) < 4.78 is 0. The number of nitrogens with two attached hydrogens (primary N) is 1. The molecule has 0 spiro atoms. The predicted molar refractivity (Wildman–Crippen MR) is 77.3 cm³/mol. The smallest absolute Gasteiger partial charge is 0.115 e. The van der Waals surface area contributed by atoms with Crippen molar-refractivity contribution in [3.05, 3.63) is 65.2 Å². The van der Waals surface area contributed by atoms with Crippen LogP contribution in [0, 0.1) is 5.92 Å². The zero-order valence-corrected chi connectivity index (χ0v) is 10.9. The molecule has 0 radical (unpaired) electrons. The van der Waals surface area contributed by atoms with E-state index in [1.165, 1.54) is 16.7 Å². The zero-order valence-electron chi connectivity index (χ0n) is 10.9. The van der Waals surface area contributed by atoms with Crippen LogP contribution in [-0.4, -0.2) is 11.7 Å². The molecule has 0 bridgehead atoms. The van der Waals surface area contributed by atoms with Crippen molar-refractivity contribution in [2.75, 3.05) is 6.54 Å². The van der Waals surface area contributed by atoms with Crippen LogP contribution in [0.1, 0.15) is 29.0 Å². The molecule has 0 aliphatic heterocycles. The van der Waals surface area contributed by atoms with Crippen molar-refractivity contribution in [3.8, 4) is 5.75 Å². The van der Waals surface area contributed by atoms with Crippen LogP contribution in [0.25, 0.3) is 0 Å². The number of aromatic hydroxyl groups is 1. The summed E-state index contributed by atoms with van der Waals surface area (Å²) in [5, 5.41) is 9.78. The first-order chi connectivity index (χ1) is 9.29. The lowest BCUT2D eigenvalue weighted by Crippen LogP contribution is -2.28. The predicted octanol–water partition coefficient (Wildman–Crippen LogP) is 3.05. The highest BCUT2D eigenvalue weighted by atomic mass is 16.3. The molecular formula is C17H19NO. The molecule has 2 atom stereocenters. The number of benzene rings is 2. The van der Waals surface area contributed by atoms with E-state index in [9.17, 15) is 5.11 Å². The van der Waals surface area contributed by atoms with E-state index in [1.54, 1.807) is 6.07 Å². The van der Waals surface area contributed by atoms with Crippen molar-refractivity contribution >= 4 is 0 Å². The summed E-state index contributed by atoms with van der Waals surface area (Å²) in [6.45, 7) is 0.689. The summed E-state index contributed by atoms with van der Waals surface area (Å²) in [6.07, 6.45) is 2.18. The summed E-state index contributed by atoms with van der Waals surface area (Å²) in [6, 6.07) is 16.2. The minimum absolute atomic E-state index is 0.307. The number of rotatable bonds is 2. The summed E-state index contributed by atoms with van der Waals surface area (Å²) in [5.41, 5.74) is 9.85. The van der Waals surface area contributed by atoms with Crippen LogP contribution in [0.2, 0.25) is 0 Å². The number of fused-ring (bicyclic) bond motifs is 1. The van der Waals surface area contributed by atoms with Crippen LogP contribution >= 0.6 is 0 Å². The minimum Gasteiger partial charge on any atom is -0.508 e. The van der Waals surface area contributed by atoms with Gasteiger partial charge in [0.2, 0.25) is 0 Å². The van der Waals surface area contributed by atoms with Gasteiger partial charge in [-0.2, -0.15) is 0 Å². The summed E-state index contributed by atoms with van der Waals surface area (Å²) in [7, 11) is 0. The van der Waals surface area contributed by atoms with Crippen molar-refractivity contribution in [2.24, 2.45) is 11.7 Å². The second-order valence-electron chi connectivity index (χ2n) is 5.31. The van der Waals surface area contributed by atoms with Gasteiger partial charge in [-0.3, -0.25) is 0 Å². The lowest BCUT2D eigenvalue weighted by molar-refractivity contribution is 0.414. The third kappa shape index (κ3) is 2.24. The first-order valence-corrected chi connectivity index (χ1v) is 6.86. The Bertz CT molecular complexity index is 565. The molecule has 0 fully saturated rings. The summed E-state index contributed by atoms with van der Waals surface area (Å²) >= 11 is 0. The lowest BCUT2D eigenvalue weighted by atomic mass is 9.72. The van der Waals surface area contributed by atoms with Crippen LogP contribution in [0.3, 0.4) is 0 Å². The number of phenols is 1. The quantitative estimate of drug-likeness (QED) is 0.864. The first kappa shape index (κ1) is 12.2. The molecule has 2 aromatic carbocycles. The normalized spacial score (nSPS) is 21.9. The van der Waals surface area contributed by atoms with Gasteiger partial charge < -0.3 is 10.8 Å². The molecule has 2 heteroatoms. The van der Waals surface area contributed by atoms with E-state index < -0.39 is 0 Å². The molecular weight excluding hydrogens is 234 g/mol. The van der Waals surface area contributed by atoms with Crippen molar-refractivity contribution in [1.29, 1.82) is 0 Å². The van der Waals surface area contributed by atoms with E-state index in [4.69, 9.17) is 5.73 Å². The van der Waals surface area contributed by atoms with Crippen LogP contribution in [0.15, 0.2) is 48.5 Å². The lowest BCUT2D eigenvalue weighted by Gasteiger charge is -2.33. The Balaban J connectivity index is 2.12. The first-order valence-electron chi connectivity index (χ1n) is 6.86. The minimum atomic E-state index is 0.307. The summed E-state index contributed by atoms with van der Waals surface area (Å²) in [4.78, 5) is 0. The van der Waals surface area contributed by atoms with E-state index in [2.05, 4.69) is 24.3 Å². The highest BCUT2D eigenvalue weighted by molar-refractivity contribution is 5.44. The zero-order chi connectivity index (χ0) is 13.2. The maximum atomic E-state index is 9.78. The van der Waals surface area contributed by atoms with Gasteiger partial charge >= 0.3 is 0 Å². The molecule has 0 saturated heterocycles. The third-order valence-corrected chi connectivity index (χ3v) is 4.18. The molecule has 0 aromatic heterocycles. The van der Waals surface area contributed by atoms with Crippen molar-refractivity contribution in [3.63, 3.8) is 0 Å². The average Bonchev–Trinajstić information content (AvgIpc) is 2.46. The van der Waals surface area contributed by atoms with E-state index in [0.29, 0.717) is 24.1 Å². The molecule has 2 nitrogen and oxygen atoms in total. The number of phenolic OH excluding ortho intramolecular Hbond substituents is 1. The van der Waals surface area contributed by atoms with Gasteiger partial charge in [-0.15, -0.1) is 0 Å². The van der Waals surface area contributed by atoms with Gasteiger partial charge in [0.05, 0.1) is 0 Å². The van der Waals surface area contributed by atoms with Crippen LogP contribution in [0.5, 0.6) is 5.75 Å². The number of hydrogen-bond donors (Lipinski definition) is 2. The highest BCUT2D eigenvalue weighted by Crippen LogP contribution is 2.41. The standard InChI is InChI=1S/C17H19NO/c18-11-14-7-6-12-8-9-15(19)10-16(12)17(14)13-4-2-1-3-5-13/h1-5,8-10,14,17,19H,6-7,11,18H2. The molecule has 0 amide bonds. The van der Waals surface area contributed by atoms with E-state index in [-0.39, 0.29) is 0 Å². The monoisotopic (exact) mass is 253 g/mol. The molecule has 19 heavy (non-hydrogen) atoms. The Morgan fingerprint density at radius 2 is 1.89 bits per heavy atom. The molecule has 1 aliphatic carbocycles. The fourth-order valence-corrected chi connectivity index (χ4v) is 3.23. The maximum Gasteiger partial charge on any atom is 0.115 e. The van der Waals surface area contributed by atoms with Gasteiger partial charge in [-0.1, -0.05) is 36.4 Å². The van der Waals surface area contributed by atoms with Crippen LogP contribution < -0.4 is 5.73 Å². The van der Waals surface area contributed by atoms with Crippen LogP contribution in [-0.2, 0) is 6.42 Å². The van der Waals surface area contributed by atoms with Crippen molar-refractivity contribution in [2.45, 2.75) is 18.8 Å². The van der Waals surface area contributed by atoms with E-state index >= 15 is 0 Å². The topological polar surface area (TPSA) is 46.2 Å². The molecule has 3 N–H and O–H groups in total. The fraction of sp³-hybridized carbons (Fsp3) is 0.294. The highest BCUT2D eigenvalue weighted by Gasteiger charge is 2.29. The average molecular weight is 253 g/mol. The molecule has 1 aliphatic rings. The summed E-state index contributed by atoms with van der Waals surface area (Å²) in [5.74, 6) is 1.11. The Kier molecular flexibility index (Phi) is 3.26. The molecule has 2 unspecified atom stereocenters. The molecule has 2 aromatic rings. The van der Waals surface area contributed by atoms with Crippen molar-refractivity contribution < 1.29 is 5.11 Å². The van der Waals surface area contributed by atoms with Gasteiger partial charge in [0.1, 0.15) is 5.75 Å². The Morgan fingerprint density at radius 3 is 2.63 bits per heavy atom. The second kappa shape index (κ2) is 5.06. The third-order valence-electron chi connectivity index (χ3n) is 4.18. The molecule has 0 saturated carbocycles. The van der Waals surface area contributed by atoms with Crippen LogP contribution in [0.4, 0.5) is 0 Å². The largest absolute Gasteiger partial charge is 0.508 e. The van der Waals surface area contributed by atoms with Gasteiger partial charge in [-0.25, -0.2) is 0 Å². The second-order valence-corrected chi connectivity index (χ2v) is 5.31. The van der Waals surface area contributed by atoms with Gasteiger partial charge in [-0.05, 0) is 54.1 Å². The number of aryl methyl sites for hydroxylation is 1.